The maximum Gasteiger partial charge on any atom is 0.317 e. The highest BCUT2D eigenvalue weighted by molar-refractivity contribution is 5.74. The van der Waals surface area contributed by atoms with Gasteiger partial charge in [0.15, 0.2) is 0 Å². The molecule has 0 spiro atoms. The topological polar surface area (TPSA) is 41.6 Å². The van der Waals surface area contributed by atoms with E-state index in [-0.39, 0.29) is 12.1 Å². The molecular formula is C14H20N2O2. The SMILES string of the molecule is Cc1ccc2c(c1)C(NC(=O)N(C)C)CCCO2. The van der Waals surface area contributed by atoms with E-state index in [1.54, 1.807) is 19.0 Å². The zero-order valence-electron chi connectivity index (χ0n) is 11.2. The molecule has 1 atom stereocenters. The van der Waals surface area contributed by atoms with Gasteiger partial charge in [-0.2, -0.15) is 0 Å². The second kappa shape index (κ2) is 5.29. The summed E-state index contributed by atoms with van der Waals surface area (Å²) in [6, 6.07) is 6.10. The number of carbonyl (C=O) groups excluding carboxylic acids is 1. The number of ether oxygens (including phenoxy) is 1. The van der Waals surface area contributed by atoms with Crippen molar-refractivity contribution in [3.05, 3.63) is 29.3 Å². The number of benzene rings is 1. The summed E-state index contributed by atoms with van der Waals surface area (Å²) in [5.41, 5.74) is 2.27. The number of nitrogens with zero attached hydrogens (tertiary/aromatic N) is 1. The Morgan fingerprint density at radius 3 is 2.94 bits per heavy atom. The molecule has 2 amide bonds. The van der Waals surface area contributed by atoms with Crippen LogP contribution in [-0.4, -0.2) is 31.6 Å². The minimum Gasteiger partial charge on any atom is -0.493 e. The second-order valence-corrected chi connectivity index (χ2v) is 4.93. The molecule has 18 heavy (non-hydrogen) atoms. The number of fused-ring (bicyclic) bond motifs is 1. The molecule has 1 aliphatic rings. The van der Waals surface area contributed by atoms with Crippen molar-refractivity contribution in [2.75, 3.05) is 20.7 Å². The molecule has 4 heteroatoms. The van der Waals surface area contributed by atoms with Crippen LogP contribution in [0.4, 0.5) is 4.79 Å². The predicted molar refractivity (Wildman–Crippen MR) is 70.9 cm³/mol. The number of amides is 2. The monoisotopic (exact) mass is 248 g/mol. The molecule has 1 aliphatic heterocycles. The lowest BCUT2D eigenvalue weighted by Crippen LogP contribution is -2.37. The summed E-state index contributed by atoms with van der Waals surface area (Å²) in [5.74, 6) is 0.891. The van der Waals surface area contributed by atoms with Crippen LogP contribution in [-0.2, 0) is 0 Å². The second-order valence-electron chi connectivity index (χ2n) is 4.93. The molecule has 4 nitrogen and oxygen atoms in total. The van der Waals surface area contributed by atoms with Gasteiger partial charge < -0.3 is 15.0 Å². The number of urea groups is 1. The fourth-order valence-electron chi connectivity index (χ4n) is 2.12. The van der Waals surface area contributed by atoms with E-state index >= 15 is 0 Å². The van der Waals surface area contributed by atoms with Gasteiger partial charge in [0, 0.05) is 19.7 Å². The van der Waals surface area contributed by atoms with Crippen molar-refractivity contribution >= 4 is 6.03 Å². The first-order valence-corrected chi connectivity index (χ1v) is 6.29. The van der Waals surface area contributed by atoms with Crippen LogP contribution in [0.5, 0.6) is 5.75 Å². The Morgan fingerprint density at radius 1 is 1.44 bits per heavy atom. The average molecular weight is 248 g/mol. The average Bonchev–Trinajstić information content (AvgIpc) is 2.52. The fourth-order valence-corrected chi connectivity index (χ4v) is 2.12. The Balaban J connectivity index is 2.26. The number of rotatable bonds is 1. The molecule has 98 valence electrons. The van der Waals surface area contributed by atoms with Crippen LogP contribution in [0.2, 0.25) is 0 Å². The van der Waals surface area contributed by atoms with Gasteiger partial charge in [-0.05, 0) is 25.8 Å². The normalized spacial score (nSPS) is 18.3. The van der Waals surface area contributed by atoms with Gasteiger partial charge in [0.25, 0.3) is 0 Å². The van der Waals surface area contributed by atoms with E-state index in [0.29, 0.717) is 6.61 Å². The highest BCUT2D eigenvalue weighted by atomic mass is 16.5. The molecular weight excluding hydrogens is 228 g/mol. The van der Waals surface area contributed by atoms with Crippen LogP contribution in [0.25, 0.3) is 0 Å². The number of hydrogen-bond donors (Lipinski definition) is 1. The van der Waals surface area contributed by atoms with E-state index in [4.69, 9.17) is 4.74 Å². The molecule has 0 aliphatic carbocycles. The van der Waals surface area contributed by atoms with Crippen LogP contribution in [0.15, 0.2) is 18.2 Å². The predicted octanol–water partition coefficient (Wildman–Crippen LogP) is 2.48. The lowest BCUT2D eigenvalue weighted by atomic mass is 10.0. The van der Waals surface area contributed by atoms with Crippen LogP contribution in [0, 0.1) is 6.92 Å². The molecule has 1 unspecified atom stereocenters. The Morgan fingerprint density at radius 2 is 2.22 bits per heavy atom. The molecule has 1 aromatic rings. The van der Waals surface area contributed by atoms with E-state index in [1.807, 2.05) is 12.1 Å². The molecule has 1 heterocycles. The van der Waals surface area contributed by atoms with Crippen molar-refractivity contribution in [1.82, 2.24) is 10.2 Å². The van der Waals surface area contributed by atoms with E-state index in [2.05, 4.69) is 18.3 Å². The van der Waals surface area contributed by atoms with Crippen LogP contribution in [0.3, 0.4) is 0 Å². The Labute approximate surface area is 108 Å². The summed E-state index contributed by atoms with van der Waals surface area (Å²) >= 11 is 0. The standard InChI is InChI=1S/C14H20N2O2/c1-10-6-7-13-11(9-10)12(5-4-8-18-13)15-14(17)16(2)3/h6-7,9,12H,4-5,8H2,1-3H3,(H,15,17). The van der Waals surface area contributed by atoms with Crippen molar-refractivity contribution in [3.63, 3.8) is 0 Å². The van der Waals surface area contributed by atoms with Crippen LogP contribution >= 0.6 is 0 Å². The summed E-state index contributed by atoms with van der Waals surface area (Å²) in [7, 11) is 3.50. The first-order valence-electron chi connectivity index (χ1n) is 6.29. The molecule has 0 fully saturated rings. The van der Waals surface area contributed by atoms with Crippen molar-refractivity contribution in [1.29, 1.82) is 0 Å². The Bertz CT molecular complexity index is 443. The summed E-state index contributed by atoms with van der Waals surface area (Å²) in [6.07, 6.45) is 1.86. The van der Waals surface area contributed by atoms with Gasteiger partial charge in [-0.15, -0.1) is 0 Å². The lowest BCUT2D eigenvalue weighted by molar-refractivity contribution is 0.212. The van der Waals surface area contributed by atoms with Gasteiger partial charge in [0.1, 0.15) is 5.75 Å². The molecule has 0 radical (unpaired) electrons. The van der Waals surface area contributed by atoms with Crippen molar-refractivity contribution in [2.24, 2.45) is 0 Å². The quantitative estimate of drug-likeness (QED) is 0.829. The first kappa shape index (κ1) is 12.7. The van der Waals surface area contributed by atoms with Crippen molar-refractivity contribution in [3.8, 4) is 5.75 Å². The Kier molecular flexibility index (Phi) is 3.75. The fraction of sp³-hybridized carbons (Fsp3) is 0.500. The third kappa shape index (κ3) is 2.75. The highest BCUT2D eigenvalue weighted by Crippen LogP contribution is 2.32. The highest BCUT2D eigenvalue weighted by Gasteiger charge is 2.22. The van der Waals surface area contributed by atoms with Gasteiger partial charge in [0.05, 0.1) is 12.6 Å². The van der Waals surface area contributed by atoms with E-state index in [9.17, 15) is 4.79 Å². The molecule has 1 aromatic carbocycles. The number of carbonyl (C=O) groups is 1. The molecule has 0 saturated heterocycles. The first-order chi connectivity index (χ1) is 8.58. The molecule has 0 bridgehead atoms. The van der Waals surface area contributed by atoms with Crippen molar-refractivity contribution in [2.45, 2.75) is 25.8 Å². The molecule has 2 rings (SSSR count). The van der Waals surface area contributed by atoms with E-state index < -0.39 is 0 Å². The third-order valence-electron chi connectivity index (χ3n) is 3.14. The summed E-state index contributed by atoms with van der Waals surface area (Å²) in [5, 5.41) is 3.05. The summed E-state index contributed by atoms with van der Waals surface area (Å²) in [6.45, 7) is 2.76. The van der Waals surface area contributed by atoms with Gasteiger partial charge in [-0.25, -0.2) is 4.79 Å². The zero-order chi connectivity index (χ0) is 13.1. The number of hydrogen-bond acceptors (Lipinski definition) is 2. The maximum atomic E-state index is 11.8. The summed E-state index contributed by atoms with van der Waals surface area (Å²) < 4.78 is 5.71. The van der Waals surface area contributed by atoms with Crippen LogP contribution in [0.1, 0.15) is 30.0 Å². The minimum absolute atomic E-state index is 0.0392. The number of nitrogens with one attached hydrogen (secondary N) is 1. The van der Waals surface area contributed by atoms with E-state index in [1.165, 1.54) is 5.56 Å². The minimum atomic E-state index is -0.0608. The van der Waals surface area contributed by atoms with Gasteiger partial charge in [-0.1, -0.05) is 17.7 Å². The molecule has 0 aromatic heterocycles. The van der Waals surface area contributed by atoms with Gasteiger partial charge in [0.2, 0.25) is 0 Å². The Hall–Kier alpha value is -1.71. The van der Waals surface area contributed by atoms with Crippen molar-refractivity contribution < 1.29 is 9.53 Å². The maximum absolute atomic E-state index is 11.8. The summed E-state index contributed by atoms with van der Waals surface area (Å²) in [4.78, 5) is 13.3. The van der Waals surface area contributed by atoms with Crippen LogP contribution < -0.4 is 10.1 Å². The largest absolute Gasteiger partial charge is 0.493 e. The zero-order valence-corrected chi connectivity index (χ0v) is 11.2. The van der Waals surface area contributed by atoms with Gasteiger partial charge in [-0.3, -0.25) is 0 Å². The molecule has 0 saturated carbocycles. The number of aryl methyl sites for hydroxylation is 1. The van der Waals surface area contributed by atoms with Gasteiger partial charge >= 0.3 is 6.03 Å². The van der Waals surface area contributed by atoms with E-state index in [0.717, 1.165) is 24.2 Å². The third-order valence-corrected chi connectivity index (χ3v) is 3.14. The lowest BCUT2D eigenvalue weighted by Gasteiger charge is -2.21. The smallest absolute Gasteiger partial charge is 0.317 e. The molecule has 1 N–H and O–H groups in total.